The van der Waals surface area contributed by atoms with Crippen LogP contribution in [0.25, 0.3) is 6.08 Å². The molecule has 1 saturated heterocycles. The van der Waals surface area contributed by atoms with E-state index < -0.39 is 0 Å². The lowest BCUT2D eigenvalue weighted by Gasteiger charge is -2.37. The number of rotatable bonds is 2. The number of hydrogen-bond donors (Lipinski definition) is 0. The van der Waals surface area contributed by atoms with E-state index in [-0.39, 0.29) is 5.91 Å². The molecule has 0 radical (unpaired) electrons. The summed E-state index contributed by atoms with van der Waals surface area (Å²) in [5.74, 6) is 0.947. The molecule has 2 aliphatic rings. The highest BCUT2D eigenvalue weighted by Crippen LogP contribution is 2.27. The summed E-state index contributed by atoms with van der Waals surface area (Å²) in [4.78, 5) is 17.2. The van der Waals surface area contributed by atoms with Crippen molar-refractivity contribution in [2.75, 3.05) is 37.7 Å². The summed E-state index contributed by atoms with van der Waals surface area (Å²) in [5.41, 5.74) is 5.59. The average molecular weight is 348 g/mol. The maximum absolute atomic E-state index is 12.9. The summed E-state index contributed by atoms with van der Waals surface area (Å²) in [6, 6.07) is 14.4. The highest BCUT2D eigenvalue weighted by atomic mass is 16.5. The number of aryl methyl sites for hydroxylation is 2. The van der Waals surface area contributed by atoms with Gasteiger partial charge in [-0.3, -0.25) is 4.79 Å². The van der Waals surface area contributed by atoms with Crippen LogP contribution in [0.1, 0.15) is 16.7 Å². The average Bonchev–Trinajstić information content (AvgIpc) is 2.69. The predicted octanol–water partition coefficient (Wildman–Crippen LogP) is 3.43. The van der Waals surface area contributed by atoms with Gasteiger partial charge in [0.05, 0.1) is 5.57 Å². The minimum atomic E-state index is 0.0965. The van der Waals surface area contributed by atoms with E-state index in [9.17, 15) is 4.79 Å². The topological polar surface area (TPSA) is 32.8 Å². The van der Waals surface area contributed by atoms with Gasteiger partial charge in [0.2, 0.25) is 0 Å². The van der Waals surface area contributed by atoms with Crippen molar-refractivity contribution in [1.29, 1.82) is 0 Å². The molecule has 2 aliphatic heterocycles. The highest BCUT2D eigenvalue weighted by Gasteiger charge is 2.26. The summed E-state index contributed by atoms with van der Waals surface area (Å²) >= 11 is 0. The quantitative estimate of drug-likeness (QED) is 0.834. The van der Waals surface area contributed by atoms with Gasteiger partial charge in [-0.05, 0) is 49.2 Å². The minimum Gasteiger partial charge on any atom is -0.488 e. The number of benzene rings is 2. The van der Waals surface area contributed by atoms with Crippen LogP contribution in [0.2, 0.25) is 0 Å². The molecule has 0 unspecified atom stereocenters. The maximum Gasteiger partial charge on any atom is 0.253 e. The van der Waals surface area contributed by atoms with Crippen LogP contribution >= 0.6 is 0 Å². The SMILES string of the molecule is Cc1ccc(N2CCN(C(=O)C3=Cc4ccccc4OC3)CC2)cc1C. The molecule has 4 heteroatoms. The molecule has 2 aromatic carbocycles. The molecule has 1 amide bonds. The second-order valence-electron chi connectivity index (χ2n) is 7.04. The van der Waals surface area contributed by atoms with E-state index in [0.717, 1.165) is 43.1 Å². The van der Waals surface area contributed by atoms with Crippen molar-refractivity contribution in [2.45, 2.75) is 13.8 Å². The Morgan fingerprint density at radius 3 is 2.50 bits per heavy atom. The van der Waals surface area contributed by atoms with E-state index in [0.29, 0.717) is 6.61 Å². The second-order valence-corrected chi connectivity index (χ2v) is 7.04. The number of fused-ring (bicyclic) bond motifs is 1. The van der Waals surface area contributed by atoms with Crippen LogP contribution in [-0.2, 0) is 4.79 Å². The van der Waals surface area contributed by atoms with Crippen LogP contribution < -0.4 is 9.64 Å². The van der Waals surface area contributed by atoms with Gasteiger partial charge in [-0.15, -0.1) is 0 Å². The van der Waals surface area contributed by atoms with E-state index in [2.05, 4.69) is 36.9 Å². The van der Waals surface area contributed by atoms with Gasteiger partial charge in [0.25, 0.3) is 5.91 Å². The van der Waals surface area contributed by atoms with E-state index >= 15 is 0 Å². The summed E-state index contributed by atoms with van der Waals surface area (Å²) < 4.78 is 5.74. The first-order valence-electron chi connectivity index (χ1n) is 9.16. The molecule has 0 aromatic heterocycles. The second kappa shape index (κ2) is 6.87. The van der Waals surface area contributed by atoms with Crippen molar-refractivity contribution in [2.24, 2.45) is 0 Å². The molecular formula is C22H24N2O2. The third kappa shape index (κ3) is 3.19. The summed E-state index contributed by atoms with van der Waals surface area (Å²) in [7, 11) is 0. The molecule has 0 aliphatic carbocycles. The van der Waals surface area contributed by atoms with E-state index in [1.54, 1.807) is 0 Å². The number of anilines is 1. The molecule has 0 bridgehead atoms. The van der Waals surface area contributed by atoms with E-state index in [1.165, 1.54) is 16.8 Å². The Morgan fingerprint density at radius 2 is 1.73 bits per heavy atom. The number of para-hydroxylation sites is 1. The van der Waals surface area contributed by atoms with Crippen molar-refractivity contribution in [3.8, 4) is 5.75 Å². The van der Waals surface area contributed by atoms with Gasteiger partial charge >= 0.3 is 0 Å². The van der Waals surface area contributed by atoms with Crippen LogP contribution in [0.3, 0.4) is 0 Å². The fourth-order valence-corrected chi connectivity index (χ4v) is 3.53. The first kappa shape index (κ1) is 16.7. The molecule has 1 fully saturated rings. The first-order valence-corrected chi connectivity index (χ1v) is 9.16. The van der Waals surface area contributed by atoms with Gasteiger partial charge in [0, 0.05) is 37.4 Å². The Balaban J connectivity index is 1.42. The lowest BCUT2D eigenvalue weighted by Crippen LogP contribution is -2.49. The predicted molar refractivity (Wildman–Crippen MR) is 105 cm³/mol. The Hall–Kier alpha value is -2.75. The van der Waals surface area contributed by atoms with Gasteiger partial charge in [-0.25, -0.2) is 0 Å². The summed E-state index contributed by atoms with van der Waals surface area (Å²) in [6.45, 7) is 7.83. The number of carbonyl (C=O) groups is 1. The van der Waals surface area contributed by atoms with Crippen molar-refractivity contribution in [3.63, 3.8) is 0 Å². The monoisotopic (exact) mass is 348 g/mol. The number of nitrogens with zero attached hydrogens (tertiary/aromatic N) is 2. The largest absolute Gasteiger partial charge is 0.488 e. The van der Waals surface area contributed by atoms with E-state index in [4.69, 9.17) is 4.74 Å². The molecular weight excluding hydrogens is 324 g/mol. The zero-order valence-corrected chi connectivity index (χ0v) is 15.4. The van der Waals surface area contributed by atoms with Crippen LogP contribution in [0.15, 0.2) is 48.0 Å². The van der Waals surface area contributed by atoms with Crippen molar-refractivity contribution >= 4 is 17.7 Å². The zero-order chi connectivity index (χ0) is 18.1. The fourth-order valence-electron chi connectivity index (χ4n) is 3.53. The standard InChI is InChI=1S/C22H24N2O2/c1-16-7-8-20(13-17(16)2)23-9-11-24(12-10-23)22(25)19-14-18-5-3-4-6-21(18)26-15-19/h3-8,13-14H,9-12,15H2,1-2H3. The molecule has 0 spiro atoms. The molecule has 2 aromatic rings. The molecule has 0 N–H and O–H groups in total. The van der Waals surface area contributed by atoms with Crippen LogP contribution in [-0.4, -0.2) is 43.6 Å². The number of carbonyl (C=O) groups excluding carboxylic acids is 1. The fraction of sp³-hybridized carbons (Fsp3) is 0.318. The van der Waals surface area contributed by atoms with Gasteiger partial charge in [-0.2, -0.15) is 0 Å². The van der Waals surface area contributed by atoms with Gasteiger partial charge < -0.3 is 14.5 Å². The zero-order valence-electron chi connectivity index (χ0n) is 15.4. The molecule has 4 nitrogen and oxygen atoms in total. The molecule has 4 rings (SSSR count). The van der Waals surface area contributed by atoms with Gasteiger partial charge in [-0.1, -0.05) is 24.3 Å². The lowest BCUT2D eigenvalue weighted by atomic mass is 10.1. The third-order valence-corrected chi connectivity index (χ3v) is 5.33. The Kier molecular flexibility index (Phi) is 4.41. The number of ether oxygens (including phenoxy) is 1. The number of piperazine rings is 1. The lowest BCUT2D eigenvalue weighted by molar-refractivity contribution is -0.127. The Labute approximate surface area is 154 Å². The highest BCUT2D eigenvalue weighted by molar-refractivity contribution is 5.99. The Morgan fingerprint density at radius 1 is 0.962 bits per heavy atom. The normalized spacial score (nSPS) is 16.6. The van der Waals surface area contributed by atoms with Gasteiger partial charge in [0.15, 0.2) is 0 Å². The molecule has 0 atom stereocenters. The smallest absolute Gasteiger partial charge is 0.253 e. The maximum atomic E-state index is 12.9. The minimum absolute atomic E-state index is 0.0965. The molecule has 26 heavy (non-hydrogen) atoms. The van der Waals surface area contributed by atoms with Crippen LogP contribution in [0, 0.1) is 13.8 Å². The Bertz CT molecular complexity index is 864. The first-order chi connectivity index (χ1) is 12.6. The number of amides is 1. The van der Waals surface area contributed by atoms with Gasteiger partial charge in [0.1, 0.15) is 12.4 Å². The molecule has 0 saturated carbocycles. The van der Waals surface area contributed by atoms with E-state index in [1.807, 2.05) is 35.2 Å². The molecule has 2 heterocycles. The summed E-state index contributed by atoms with van der Waals surface area (Å²) in [6.07, 6.45) is 1.97. The van der Waals surface area contributed by atoms with Crippen LogP contribution in [0.4, 0.5) is 5.69 Å². The third-order valence-electron chi connectivity index (χ3n) is 5.33. The van der Waals surface area contributed by atoms with Crippen molar-refractivity contribution < 1.29 is 9.53 Å². The van der Waals surface area contributed by atoms with Crippen LogP contribution in [0.5, 0.6) is 5.75 Å². The summed E-state index contributed by atoms with van der Waals surface area (Å²) in [5, 5.41) is 0. The van der Waals surface area contributed by atoms with Crippen molar-refractivity contribution in [1.82, 2.24) is 4.90 Å². The number of hydrogen-bond acceptors (Lipinski definition) is 3. The van der Waals surface area contributed by atoms with Crippen molar-refractivity contribution in [3.05, 3.63) is 64.7 Å². The molecule has 134 valence electrons.